The third-order valence-corrected chi connectivity index (χ3v) is 3.26. The molecule has 2 unspecified atom stereocenters. The second kappa shape index (κ2) is 6.86. The molecule has 4 nitrogen and oxygen atoms in total. The van der Waals surface area contributed by atoms with Crippen molar-refractivity contribution in [2.75, 3.05) is 6.54 Å². The third kappa shape index (κ3) is 5.47. The predicted octanol–water partition coefficient (Wildman–Crippen LogP) is 1.61. The predicted molar refractivity (Wildman–Crippen MR) is 64.1 cm³/mol. The lowest BCUT2D eigenvalue weighted by atomic mass is 9.82. The van der Waals surface area contributed by atoms with E-state index in [-0.39, 0.29) is 5.92 Å². The summed E-state index contributed by atoms with van der Waals surface area (Å²) in [6.45, 7) is 6.10. The van der Waals surface area contributed by atoms with Gasteiger partial charge in [-0.1, -0.05) is 20.3 Å². The summed E-state index contributed by atoms with van der Waals surface area (Å²) in [4.78, 5) is 11.1. The Morgan fingerprint density at radius 3 is 2.31 bits per heavy atom. The summed E-state index contributed by atoms with van der Waals surface area (Å²) in [6, 6.07) is 0. The van der Waals surface area contributed by atoms with Crippen molar-refractivity contribution in [3.05, 3.63) is 0 Å². The van der Waals surface area contributed by atoms with E-state index in [0.717, 1.165) is 12.8 Å². The number of unbranched alkanes of at least 4 members (excludes halogenated alkanes) is 1. The molecule has 0 heterocycles. The van der Waals surface area contributed by atoms with Crippen molar-refractivity contribution >= 4 is 5.97 Å². The van der Waals surface area contributed by atoms with E-state index in [4.69, 9.17) is 10.8 Å². The normalized spacial score (nSPS) is 17.1. The molecule has 0 aromatic heterocycles. The Morgan fingerprint density at radius 1 is 1.38 bits per heavy atom. The Bertz CT molecular complexity index is 214. The molecule has 0 amide bonds. The number of carboxylic acids is 1. The molecule has 0 saturated heterocycles. The molecule has 0 bridgehead atoms. The minimum atomic E-state index is -0.911. The molecule has 0 aromatic rings. The summed E-state index contributed by atoms with van der Waals surface area (Å²) in [5.74, 6) is -1.23. The minimum Gasteiger partial charge on any atom is -0.481 e. The molecule has 0 spiro atoms. The maximum Gasteiger partial charge on any atom is 0.306 e. The number of aliphatic hydroxyl groups is 1. The van der Waals surface area contributed by atoms with Crippen LogP contribution in [0.5, 0.6) is 0 Å². The second-order valence-corrected chi connectivity index (χ2v) is 5.04. The highest BCUT2D eigenvalue weighted by molar-refractivity contribution is 5.70. The Kier molecular flexibility index (Phi) is 6.60. The number of aliphatic carboxylic acids is 1. The van der Waals surface area contributed by atoms with Gasteiger partial charge in [-0.25, -0.2) is 0 Å². The molecule has 0 aliphatic rings. The van der Waals surface area contributed by atoms with Gasteiger partial charge in [-0.2, -0.15) is 0 Å². The third-order valence-electron chi connectivity index (χ3n) is 3.26. The maximum absolute atomic E-state index is 11.1. The smallest absolute Gasteiger partial charge is 0.306 e. The molecule has 4 N–H and O–H groups in total. The van der Waals surface area contributed by atoms with Crippen LogP contribution in [-0.4, -0.2) is 28.3 Å². The van der Waals surface area contributed by atoms with Gasteiger partial charge in [0.1, 0.15) is 0 Å². The summed E-state index contributed by atoms with van der Waals surface area (Å²) in [6.07, 6.45) is 2.55. The summed E-state index contributed by atoms with van der Waals surface area (Å²) in [5, 5.41) is 19.2. The second-order valence-electron chi connectivity index (χ2n) is 5.04. The first kappa shape index (κ1) is 15.4. The van der Waals surface area contributed by atoms with Gasteiger partial charge in [-0.15, -0.1) is 0 Å². The van der Waals surface area contributed by atoms with Gasteiger partial charge in [0.25, 0.3) is 0 Å². The zero-order chi connectivity index (χ0) is 12.8. The van der Waals surface area contributed by atoms with Crippen LogP contribution in [0.2, 0.25) is 0 Å². The topological polar surface area (TPSA) is 83.5 Å². The zero-order valence-electron chi connectivity index (χ0n) is 10.6. The van der Waals surface area contributed by atoms with Gasteiger partial charge in [0.15, 0.2) is 0 Å². The van der Waals surface area contributed by atoms with Crippen molar-refractivity contribution in [1.82, 2.24) is 0 Å². The molecule has 0 aliphatic carbocycles. The van der Waals surface area contributed by atoms with Crippen molar-refractivity contribution in [2.24, 2.45) is 17.6 Å². The van der Waals surface area contributed by atoms with Crippen LogP contribution in [0.15, 0.2) is 0 Å². The summed E-state index contributed by atoms with van der Waals surface area (Å²) in [7, 11) is 0. The fourth-order valence-electron chi connectivity index (χ4n) is 1.58. The Labute approximate surface area is 97.8 Å². The summed E-state index contributed by atoms with van der Waals surface area (Å²) < 4.78 is 0. The van der Waals surface area contributed by atoms with Crippen LogP contribution < -0.4 is 5.73 Å². The van der Waals surface area contributed by atoms with E-state index >= 15 is 0 Å². The average Bonchev–Trinajstić information content (AvgIpc) is 2.16. The molecule has 16 heavy (non-hydrogen) atoms. The molecule has 0 aliphatic heterocycles. The van der Waals surface area contributed by atoms with E-state index in [1.807, 2.05) is 13.8 Å². The first-order valence-electron chi connectivity index (χ1n) is 5.96. The zero-order valence-corrected chi connectivity index (χ0v) is 10.6. The van der Waals surface area contributed by atoms with Crippen LogP contribution in [-0.2, 0) is 4.79 Å². The first-order valence-corrected chi connectivity index (χ1v) is 5.96. The molecule has 96 valence electrons. The number of hydrogen-bond acceptors (Lipinski definition) is 3. The number of hydrogen-bond donors (Lipinski definition) is 3. The highest BCUT2D eigenvalue weighted by Gasteiger charge is 2.31. The number of carbonyl (C=O) groups is 1. The van der Waals surface area contributed by atoms with Crippen LogP contribution in [0.3, 0.4) is 0 Å². The van der Waals surface area contributed by atoms with Crippen LogP contribution in [0.25, 0.3) is 0 Å². The fourth-order valence-corrected chi connectivity index (χ4v) is 1.58. The van der Waals surface area contributed by atoms with Gasteiger partial charge >= 0.3 is 5.97 Å². The van der Waals surface area contributed by atoms with E-state index < -0.39 is 17.5 Å². The average molecular weight is 231 g/mol. The summed E-state index contributed by atoms with van der Waals surface area (Å²) >= 11 is 0. The molecule has 0 fully saturated rings. The van der Waals surface area contributed by atoms with Crippen molar-refractivity contribution in [2.45, 2.75) is 52.1 Å². The molecule has 0 saturated carbocycles. The van der Waals surface area contributed by atoms with Crippen LogP contribution >= 0.6 is 0 Å². The Hall–Kier alpha value is -0.610. The highest BCUT2D eigenvalue weighted by Crippen LogP contribution is 2.27. The van der Waals surface area contributed by atoms with Crippen LogP contribution in [0.1, 0.15) is 46.5 Å². The van der Waals surface area contributed by atoms with Gasteiger partial charge in [-0.3, -0.25) is 4.79 Å². The van der Waals surface area contributed by atoms with Crippen molar-refractivity contribution in [3.8, 4) is 0 Å². The standard InChI is InChI=1S/C12H25NO3/c1-9(2)12(3,16)8-10(11(14)15)6-4-5-7-13/h9-10,16H,4-8,13H2,1-3H3,(H,14,15). The van der Waals surface area contributed by atoms with E-state index in [1.165, 1.54) is 0 Å². The fraction of sp³-hybridized carbons (Fsp3) is 0.917. The molecular formula is C12H25NO3. The van der Waals surface area contributed by atoms with E-state index in [2.05, 4.69) is 0 Å². The van der Waals surface area contributed by atoms with E-state index in [1.54, 1.807) is 6.92 Å². The lowest BCUT2D eigenvalue weighted by Gasteiger charge is -2.30. The molecule has 0 aromatic carbocycles. The molecule has 2 atom stereocenters. The van der Waals surface area contributed by atoms with E-state index in [0.29, 0.717) is 19.4 Å². The molecular weight excluding hydrogens is 206 g/mol. The summed E-state index contributed by atoms with van der Waals surface area (Å²) in [5.41, 5.74) is 4.46. The Balaban J connectivity index is 4.28. The lowest BCUT2D eigenvalue weighted by molar-refractivity contribution is -0.145. The monoisotopic (exact) mass is 231 g/mol. The number of nitrogens with two attached hydrogens (primary N) is 1. The van der Waals surface area contributed by atoms with Crippen molar-refractivity contribution in [3.63, 3.8) is 0 Å². The molecule has 0 rings (SSSR count). The van der Waals surface area contributed by atoms with Gasteiger partial charge in [0.05, 0.1) is 11.5 Å². The maximum atomic E-state index is 11.1. The highest BCUT2D eigenvalue weighted by atomic mass is 16.4. The Morgan fingerprint density at radius 2 is 1.94 bits per heavy atom. The van der Waals surface area contributed by atoms with Crippen molar-refractivity contribution in [1.29, 1.82) is 0 Å². The van der Waals surface area contributed by atoms with E-state index in [9.17, 15) is 9.90 Å². The van der Waals surface area contributed by atoms with Gasteiger partial charge < -0.3 is 15.9 Å². The quantitative estimate of drug-likeness (QED) is 0.554. The number of carboxylic acid groups (broad SMARTS) is 1. The van der Waals surface area contributed by atoms with Crippen LogP contribution in [0.4, 0.5) is 0 Å². The molecule has 4 heteroatoms. The van der Waals surface area contributed by atoms with Gasteiger partial charge in [0.2, 0.25) is 0 Å². The van der Waals surface area contributed by atoms with Gasteiger partial charge in [0, 0.05) is 0 Å². The number of rotatable bonds is 8. The first-order chi connectivity index (χ1) is 7.31. The van der Waals surface area contributed by atoms with Gasteiger partial charge in [-0.05, 0) is 38.6 Å². The van der Waals surface area contributed by atoms with Crippen LogP contribution in [0, 0.1) is 11.8 Å². The minimum absolute atomic E-state index is 0.0591. The molecule has 0 radical (unpaired) electrons. The van der Waals surface area contributed by atoms with Crippen molar-refractivity contribution < 1.29 is 15.0 Å². The lowest BCUT2D eigenvalue weighted by Crippen LogP contribution is -2.35. The largest absolute Gasteiger partial charge is 0.481 e. The SMILES string of the molecule is CC(C)C(C)(O)CC(CCCCN)C(=O)O.